The number of likely N-dealkylation sites (N-methyl/N-ethyl adjacent to an activating group) is 1. The first-order valence-electron chi connectivity index (χ1n) is 9.58. The number of piperazine rings is 1. The summed E-state index contributed by atoms with van der Waals surface area (Å²) in [7, 11) is 2.03. The van der Waals surface area contributed by atoms with Crippen LogP contribution in [0, 0.1) is 11.3 Å². The summed E-state index contributed by atoms with van der Waals surface area (Å²) in [6.07, 6.45) is 0. The van der Waals surface area contributed by atoms with Crippen molar-refractivity contribution in [3.05, 3.63) is 51.8 Å². The second-order valence-electron chi connectivity index (χ2n) is 7.05. The smallest absolute Gasteiger partial charge is 0.253 e. The van der Waals surface area contributed by atoms with Gasteiger partial charge >= 0.3 is 0 Å². The molecule has 0 unspecified atom stereocenters. The van der Waals surface area contributed by atoms with Gasteiger partial charge in [-0.05, 0) is 24.7 Å². The number of thioether (sulfide) groups is 1. The molecular formula is C20H24N8O2S. The van der Waals surface area contributed by atoms with E-state index < -0.39 is 0 Å². The zero-order valence-corrected chi connectivity index (χ0v) is 17.9. The summed E-state index contributed by atoms with van der Waals surface area (Å²) >= 11 is 1.17. The van der Waals surface area contributed by atoms with E-state index in [4.69, 9.17) is 11.7 Å². The van der Waals surface area contributed by atoms with Crippen molar-refractivity contribution in [3.63, 3.8) is 0 Å². The number of nitrogens with two attached hydrogens (primary N) is 2. The van der Waals surface area contributed by atoms with Gasteiger partial charge in [-0.3, -0.25) is 9.59 Å². The van der Waals surface area contributed by atoms with Gasteiger partial charge in [0.25, 0.3) is 5.91 Å². The highest BCUT2D eigenvalue weighted by Crippen LogP contribution is 2.29. The number of nitrogens with one attached hydrogen (secondary N) is 2. The van der Waals surface area contributed by atoms with Crippen molar-refractivity contribution in [2.45, 2.75) is 5.03 Å². The van der Waals surface area contributed by atoms with Crippen molar-refractivity contribution >= 4 is 23.5 Å². The molecule has 0 saturated carbocycles. The molecule has 1 aliphatic rings. The summed E-state index contributed by atoms with van der Waals surface area (Å²) in [6, 6.07) is 10.5. The number of carbonyl (C=O) groups is 1. The summed E-state index contributed by atoms with van der Waals surface area (Å²) in [4.78, 5) is 31.9. The van der Waals surface area contributed by atoms with Gasteiger partial charge in [0, 0.05) is 43.4 Å². The van der Waals surface area contributed by atoms with Crippen LogP contribution in [0.25, 0.3) is 11.1 Å². The quantitative estimate of drug-likeness (QED) is 0.168. The van der Waals surface area contributed by atoms with Crippen LogP contribution in [0.3, 0.4) is 0 Å². The number of hydrazine groups is 1. The fourth-order valence-electron chi connectivity index (χ4n) is 3.25. The largest absolute Gasteiger partial charge is 0.336 e. The predicted molar refractivity (Wildman–Crippen MR) is 120 cm³/mol. The van der Waals surface area contributed by atoms with Crippen molar-refractivity contribution < 1.29 is 4.79 Å². The second-order valence-corrected chi connectivity index (χ2v) is 8.03. The van der Waals surface area contributed by atoms with Crippen LogP contribution in [0.4, 0.5) is 0 Å². The third-order valence-electron chi connectivity index (χ3n) is 5.01. The molecule has 0 aliphatic carbocycles. The van der Waals surface area contributed by atoms with Crippen molar-refractivity contribution in [2.24, 2.45) is 16.8 Å². The third kappa shape index (κ3) is 5.24. The molecule has 0 atom stereocenters. The summed E-state index contributed by atoms with van der Waals surface area (Å²) < 4.78 is 0. The van der Waals surface area contributed by atoms with E-state index in [1.807, 2.05) is 11.9 Å². The highest BCUT2D eigenvalue weighted by Gasteiger charge is 2.21. The van der Waals surface area contributed by atoms with Crippen molar-refractivity contribution in [2.75, 3.05) is 39.0 Å². The lowest BCUT2D eigenvalue weighted by Crippen LogP contribution is -2.47. The van der Waals surface area contributed by atoms with E-state index in [0.717, 1.165) is 13.1 Å². The van der Waals surface area contributed by atoms with E-state index in [1.165, 1.54) is 17.8 Å². The van der Waals surface area contributed by atoms with Crippen LogP contribution in [0.5, 0.6) is 0 Å². The number of amidine groups is 1. The van der Waals surface area contributed by atoms with Gasteiger partial charge in [0.15, 0.2) is 0 Å². The molecular weight excluding hydrogens is 416 g/mol. The number of aromatic amines is 1. The van der Waals surface area contributed by atoms with Crippen LogP contribution in [-0.4, -0.2) is 65.5 Å². The van der Waals surface area contributed by atoms with E-state index in [2.05, 4.69) is 26.5 Å². The van der Waals surface area contributed by atoms with Crippen LogP contribution in [0.1, 0.15) is 15.9 Å². The van der Waals surface area contributed by atoms with Gasteiger partial charge in [-0.25, -0.2) is 5.84 Å². The molecule has 1 aromatic heterocycles. The average Bonchev–Trinajstić information content (AvgIpc) is 2.79. The maximum atomic E-state index is 12.9. The number of amides is 1. The minimum Gasteiger partial charge on any atom is -0.336 e. The molecule has 31 heavy (non-hydrogen) atoms. The lowest BCUT2D eigenvalue weighted by Gasteiger charge is -2.32. The zero-order chi connectivity index (χ0) is 22.4. The van der Waals surface area contributed by atoms with Gasteiger partial charge in [0.05, 0.1) is 16.3 Å². The maximum absolute atomic E-state index is 12.9. The number of carbonyl (C=O) groups excluding carboxylic acids is 1. The summed E-state index contributed by atoms with van der Waals surface area (Å²) in [6.45, 7) is 2.97. The van der Waals surface area contributed by atoms with Gasteiger partial charge in [-0.1, -0.05) is 23.9 Å². The van der Waals surface area contributed by atoms with Crippen LogP contribution >= 0.6 is 11.8 Å². The number of nitrogens with zero attached hydrogens (tertiary/aromatic N) is 4. The Kier molecular flexibility index (Phi) is 7.30. The second kappa shape index (κ2) is 10.1. The summed E-state index contributed by atoms with van der Waals surface area (Å²) in [5, 5.41) is 13.7. The number of nitriles is 1. The Morgan fingerprint density at radius 2 is 2.06 bits per heavy atom. The van der Waals surface area contributed by atoms with E-state index in [1.54, 1.807) is 24.3 Å². The molecule has 1 aliphatic heterocycles. The standard InChI is InChI=1S/C20H24N8O2S/c1-27-5-7-28(8-6-27)20(30)14-4-2-3-13(9-14)15-10-18(29)24-19(16(15)11-21)31-12-17(25-22)26-23/h2-4,9-10H,5-8,12,22-23H2,1H3,(H,24,29)(H,25,26). The maximum Gasteiger partial charge on any atom is 0.253 e. The highest BCUT2D eigenvalue weighted by atomic mass is 32.2. The summed E-state index contributed by atoms with van der Waals surface area (Å²) in [5.41, 5.74) is 3.88. The monoisotopic (exact) mass is 440 g/mol. The summed E-state index contributed by atoms with van der Waals surface area (Å²) in [5.74, 6) is 11.1. The van der Waals surface area contributed by atoms with Gasteiger partial charge in [0.2, 0.25) is 5.56 Å². The Labute approximate surface area is 183 Å². The molecule has 0 spiro atoms. The van der Waals surface area contributed by atoms with Crippen LogP contribution in [-0.2, 0) is 0 Å². The first-order valence-corrected chi connectivity index (χ1v) is 10.6. The van der Waals surface area contributed by atoms with Crippen LogP contribution in [0.2, 0.25) is 0 Å². The molecule has 1 amide bonds. The number of benzene rings is 1. The number of rotatable bonds is 5. The first kappa shape index (κ1) is 22.4. The van der Waals surface area contributed by atoms with Crippen LogP contribution < -0.4 is 22.7 Å². The molecule has 11 heteroatoms. The number of H-pyrrole nitrogens is 1. The average molecular weight is 441 g/mol. The number of hydrogen-bond acceptors (Lipinski definition) is 8. The molecule has 3 rings (SSSR count). The molecule has 2 heterocycles. The lowest BCUT2D eigenvalue weighted by atomic mass is 9.99. The molecule has 1 aromatic carbocycles. The first-order chi connectivity index (χ1) is 15.0. The normalized spacial score (nSPS) is 14.9. The zero-order valence-electron chi connectivity index (χ0n) is 17.1. The van der Waals surface area contributed by atoms with E-state index in [0.29, 0.717) is 46.2 Å². The Hall–Kier alpha value is -3.33. The topological polar surface area (TPSA) is 157 Å². The van der Waals surface area contributed by atoms with Crippen molar-refractivity contribution in [1.82, 2.24) is 20.2 Å². The van der Waals surface area contributed by atoms with Crippen LogP contribution in [0.15, 0.2) is 45.3 Å². The van der Waals surface area contributed by atoms with Gasteiger partial charge < -0.3 is 26.1 Å². The Balaban J connectivity index is 1.94. The number of pyridine rings is 1. The highest BCUT2D eigenvalue weighted by molar-refractivity contribution is 8.00. The SMILES string of the molecule is CN1CCN(C(=O)c2cccc(-c3cc(=O)[nH]c(SC/C(=N/N)NN)c3C#N)c2)CC1. The van der Waals surface area contributed by atoms with Crippen molar-refractivity contribution in [3.8, 4) is 17.2 Å². The fraction of sp³-hybridized carbons (Fsp3) is 0.300. The molecule has 1 saturated heterocycles. The van der Waals surface area contributed by atoms with E-state index in [-0.39, 0.29) is 17.2 Å². The third-order valence-corrected chi connectivity index (χ3v) is 6.02. The number of hydrazone groups is 1. The van der Waals surface area contributed by atoms with Gasteiger partial charge in [0.1, 0.15) is 11.9 Å². The fourth-order valence-corrected chi connectivity index (χ4v) is 4.16. The Bertz CT molecular complexity index is 1080. The van der Waals surface area contributed by atoms with Crippen molar-refractivity contribution in [1.29, 1.82) is 5.26 Å². The molecule has 162 valence electrons. The Morgan fingerprint density at radius 1 is 1.32 bits per heavy atom. The van der Waals surface area contributed by atoms with Gasteiger partial charge in [-0.2, -0.15) is 10.4 Å². The number of hydrogen-bond donors (Lipinski definition) is 4. The molecule has 0 bridgehead atoms. The van der Waals surface area contributed by atoms with E-state index in [9.17, 15) is 14.9 Å². The molecule has 2 aromatic rings. The Morgan fingerprint density at radius 3 is 2.71 bits per heavy atom. The van der Waals surface area contributed by atoms with E-state index >= 15 is 0 Å². The minimum atomic E-state index is -0.362. The molecule has 10 nitrogen and oxygen atoms in total. The minimum absolute atomic E-state index is 0.0642. The van der Waals surface area contributed by atoms with Gasteiger partial charge in [-0.15, -0.1) is 0 Å². The molecule has 0 radical (unpaired) electrons. The number of aromatic nitrogens is 1. The predicted octanol–water partition coefficient (Wildman–Crippen LogP) is 0.129. The molecule has 1 fully saturated rings. The molecule has 6 N–H and O–H groups in total. The lowest BCUT2D eigenvalue weighted by molar-refractivity contribution is 0.0664.